The molecule has 0 atom stereocenters. The molecule has 1 aromatic rings. The normalized spacial score (nSPS) is 10.4. The average Bonchev–Trinajstić information content (AvgIpc) is 2.28. The van der Waals surface area contributed by atoms with E-state index in [9.17, 15) is 4.39 Å². The first-order valence-electron chi connectivity index (χ1n) is 5.74. The Labute approximate surface area is 96.1 Å². The molecule has 0 aliphatic carbocycles. The number of aryl methyl sites for hydroxylation is 1. The van der Waals surface area contributed by atoms with Gasteiger partial charge in [0, 0.05) is 6.61 Å². The highest BCUT2D eigenvalue weighted by Crippen LogP contribution is 2.18. The molecule has 0 fully saturated rings. The van der Waals surface area contributed by atoms with Crippen molar-refractivity contribution in [3.63, 3.8) is 0 Å². The molecule has 0 aliphatic rings. The third kappa shape index (κ3) is 4.62. The highest BCUT2D eigenvalue weighted by molar-refractivity contribution is 5.29. The lowest BCUT2D eigenvalue weighted by Crippen LogP contribution is -1.99. The third-order valence-corrected chi connectivity index (χ3v) is 2.40. The van der Waals surface area contributed by atoms with Crippen LogP contribution in [0.25, 0.3) is 0 Å². The Hall–Kier alpha value is -1.09. The lowest BCUT2D eigenvalue weighted by molar-refractivity contribution is 0.269. The predicted octanol–water partition coefficient (Wildman–Crippen LogP) is 3.07. The van der Waals surface area contributed by atoms with Gasteiger partial charge in [0.1, 0.15) is 0 Å². The molecule has 1 N–H and O–H groups in total. The van der Waals surface area contributed by atoms with Crippen LogP contribution in [0.4, 0.5) is 4.39 Å². The molecule has 1 rings (SSSR count). The summed E-state index contributed by atoms with van der Waals surface area (Å²) in [6.07, 6.45) is 3.73. The highest BCUT2D eigenvalue weighted by Gasteiger charge is 2.02. The topological polar surface area (TPSA) is 29.5 Å². The monoisotopic (exact) mass is 226 g/mol. The molecule has 0 unspecified atom stereocenters. The zero-order valence-corrected chi connectivity index (χ0v) is 9.71. The minimum Gasteiger partial charge on any atom is -0.491 e. The molecule has 1 aromatic carbocycles. The van der Waals surface area contributed by atoms with Gasteiger partial charge in [-0.3, -0.25) is 0 Å². The van der Waals surface area contributed by atoms with E-state index in [2.05, 4.69) is 0 Å². The standard InChI is InChI=1S/C13H19FO2/c1-11-6-7-12(14)13(10-11)16-9-5-3-2-4-8-15/h6-7,10,15H,2-5,8-9H2,1H3. The van der Waals surface area contributed by atoms with Gasteiger partial charge in [0.15, 0.2) is 11.6 Å². The number of halogens is 1. The Kier molecular flexibility index (Phi) is 5.86. The van der Waals surface area contributed by atoms with Crippen LogP contribution >= 0.6 is 0 Å². The van der Waals surface area contributed by atoms with Crippen molar-refractivity contribution in [3.8, 4) is 5.75 Å². The summed E-state index contributed by atoms with van der Waals surface area (Å²) in [5.74, 6) is 0.0307. The van der Waals surface area contributed by atoms with Gasteiger partial charge in [-0.15, -0.1) is 0 Å². The summed E-state index contributed by atoms with van der Waals surface area (Å²) in [7, 11) is 0. The van der Waals surface area contributed by atoms with Crippen molar-refractivity contribution < 1.29 is 14.2 Å². The van der Waals surface area contributed by atoms with Crippen LogP contribution in [0, 0.1) is 12.7 Å². The second-order valence-electron chi connectivity index (χ2n) is 3.92. The van der Waals surface area contributed by atoms with Crippen LogP contribution in [0.15, 0.2) is 18.2 Å². The lowest BCUT2D eigenvalue weighted by Gasteiger charge is -2.07. The first kappa shape index (κ1) is 13.0. The Morgan fingerprint density at radius 1 is 1.19 bits per heavy atom. The lowest BCUT2D eigenvalue weighted by atomic mass is 10.2. The maximum atomic E-state index is 13.2. The molecule has 0 saturated carbocycles. The molecule has 0 aromatic heterocycles. The minimum absolute atomic E-state index is 0.243. The maximum absolute atomic E-state index is 13.2. The van der Waals surface area contributed by atoms with Crippen LogP contribution in [0.5, 0.6) is 5.75 Å². The fourth-order valence-corrected chi connectivity index (χ4v) is 1.47. The third-order valence-electron chi connectivity index (χ3n) is 2.40. The molecule has 0 spiro atoms. The first-order valence-corrected chi connectivity index (χ1v) is 5.74. The summed E-state index contributed by atoms with van der Waals surface area (Å²) in [5.41, 5.74) is 0.997. The van der Waals surface area contributed by atoms with Gasteiger partial charge in [-0.1, -0.05) is 12.5 Å². The molecule has 3 heteroatoms. The number of aliphatic hydroxyl groups excluding tert-OH is 1. The van der Waals surface area contributed by atoms with Gasteiger partial charge in [0.2, 0.25) is 0 Å². The summed E-state index contributed by atoms with van der Waals surface area (Å²) in [6.45, 7) is 2.69. The summed E-state index contributed by atoms with van der Waals surface area (Å²) in [4.78, 5) is 0. The maximum Gasteiger partial charge on any atom is 0.165 e. The second-order valence-corrected chi connectivity index (χ2v) is 3.92. The second kappa shape index (κ2) is 7.23. The molecule has 0 amide bonds. The van der Waals surface area contributed by atoms with Gasteiger partial charge < -0.3 is 9.84 Å². The van der Waals surface area contributed by atoms with Gasteiger partial charge in [0.25, 0.3) is 0 Å². The Balaban J connectivity index is 2.23. The Morgan fingerprint density at radius 3 is 2.69 bits per heavy atom. The van der Waals surface area contributed by atoms with Crippen molar-refractivity contribution in [1.82, 2.24) is 0 Å². The highest BCUT2D eigenvalue weighted by atomic mass is 19.1. The van der Waals surface area contributed by atoms with Crippen molar-refractivity contribution in [2.24, 2.45) is 0 Å². The van der Waals surface area contributed by atoms with E-state index in [1.54, 1.807) is 12.1 Å². The zero-order chi connectivity index (χ0) is 11.8. The Bertz CT molecular complexity index is 313. The number of aliphatic hydroxyl groups is 1. The van der Waals surface area contributed by atoms with Crippen molar-refractivity contribution >= 4 is 0 Å². The van der Waals surface area contributed by atoms with E-state index in [1.165, 1.54) is 6.07 Å². The molecular weight excluding hydrogens is 207 g/mol. The van der Waals surface area contributed by atoms with Gasteiger partial charge in [-0.25, -0.2) is 4.39 Å². The van der Waals surface area contributed by atoms with Gasteiger partial charge in [0.05, 0.1) is 6.61 Å². The largest absolute Gasteiger partial charge is 0.491 e. The van der Waals surface area contributed by atoms with Gasteiger partial charge in [-0.2, -0.15) is 0 Å². The van der Waals surface area contributed by atoms with E-state index in [4.69, 9.17) is 9.84 Å². The number of hydrogen-bond donors (Lipinski definition) is 1. The van der Waals surface area contributed by atoms with Crippen molar-refractivity contribution in [2.75, 3.05) is 13.2 Å². The fraction of sp³-hybridized carbons (Fsp3) is 0.538. The van der Waals surface area contributed by atoms with E-state index in [1.807, 2.05) is 6.92 Å². The summed E-state index contributed by atoms with van der Waals surface area (Å²) in [6, 6.07) is 4.86. The summed E-state index contributed by atoms with van der Waals surface area (Å²) >= 11 is 0. The molecule has 2 nitrogen and oxygen atoms in total. The van der Waals surface area contributed by atoms with Crippen LogP contribution in [0.1, 0.15) is 31.2 Å². The van der Waals surface area contributed by atoms with E-state index < -0.39 is 0 Å². The molecule has 90 valence electrons. The molecular formula is C13H19FO2. The zero-order valence-electron chi connectivity index (χ0n) is 9.71. The van der Waals surface area contributed by atoms with Crippen LogP contribution < -0.4 is 4.74 Å². The number of hydrogen-bond acceptors (Lipinski definition) is 2. The average molecular weight is 226 g/mol. The van der Waals surface area contributed by atoms with Crippen LogP contribution in [0.2, 0.25) is 0 Å². The quantitative estimate of drug-likeness (QED) is 0.724. The van der Waals surface area contributed by atoms with E-state index in [0.717, 1.165) is 31.2 Å². The number of rotatable bonds is 7. The van der Waals surface area contributed by atoms with Crippen molar-refractivity contribution in [2.45, 2.75) is 32.6 Å². The predicted molar refractivity (Wildman–Crippen MR) is 62.2 cm³/mol. The molecule has 0 saturated heterocycles. The van der Waals surface area contributed by atoms with Crippen LogP contribution in [-0.4, -0.2) is 18.3 Å². The SMILES string of the molecule is Cc1ccc(F)c(OCCCCCCO)c1. The van der Waals surface area contributed by atoms with E-state index in [0.29, 0.717) is 12.4 Å². The van der Waals surface area contributed by atoms with E-state index in [-0.39, 0.29) is 12.4 Å². The summed E-state index contributed by atoms with van der Waals surface area (Å²) in [5, 5.41) is 8.59. The molecule has 16 heavy (non-hydrogen) atoms. The number of unbranched alkanes of at least 4 members (excludes halogenated alkanes) is 3. The number of benzene rings is 1. The van der Waals surface area contributed by atoms with Crippen molar-refractivity contribution in [3.05, 3.63) is 29.6 Å². The number of ether oxygens (including phenoxy) is 1. The minimum atomic E-state index is -0.305. The van der Waals surface area contributed by atoms with Crippen molar-refractivity contribution in [1.29, 1.82) is 0 Å². The Morgan fingerprint density at radius 2 is 1.94 bits per heavy atom. The summed E-state index contributed by atoms with van der Waals surface area (Å²) < 4.78 is 18.6. The first-order chi connectivity index (χ1) is 7.74. The molecule has 0 radical (unpaired) electrons. The smallest absolute Gasteiger partial charge is 0.165 e. The molecule has 0 aliphatic heterocycles. The van der Waals surface area contributed by atoms with Crippen LogP contribution in [0.3, 0.4) is 0 Å². The van der Waals surface area contributed by atoms with Gasteiger partial charge >= 0.3 is 0 Å². The molecule has 0 bridgehead atoms. The van der Waals surface area contributed by atoms with E-state index >= 15 is 0 Å². The van der Waals surface area contributed by atoms with Crippen LogP contribution in [-0.2, 0) is 0 Å². The molecule has 0 heterocycles. The fourth-order valence-electron chi connectivity index (χ4n) is 1.47. The van der Waals surface area contributed by atoms with Gasteiger partial charge in [-0.05, 0) is 43.9 Å².